The van der Waals surface area contributed by atoms with Gasteiger partial charge in [0.25, 0.3) is 5.56 Å². The van der Waals surface area contributed by atoms with E-state index in [0.29, 0.717) is 48.2 Å². The van der Waals surface area contributed by atoms with Gasteiger partial charge in [-0.2, -0.15) is 0 Å². The standard InChI is InChI=1S/C26H20ClF3N4O2/c27-18-8-6-17(7-9-18)24-32-22-11-12-34(15-20(22)25(35)33-24)14-16-5-10-21(31-13-16)19-3-1-2-4-23(19)36-26(28,29)30/h1-10,13H,11-12,14-15H2,(H,32,33,35). The lowest BCUT2D eigenvalue weighted by atomic mass is 10.1. The van der Waals surface area contributed by atoms with Gasteiger partial charge in [-0.1, -0.05) is 29.8 Å². The Kier molecular flexibility index (Phi) is 6.51. The number of benzene rings is 2. The number of hydrogen-bond donors (Lipinski definition) is 1. The average Bonchev–Trinajstić information content (AvgIpc) is 2.85. The average molecular weight is 513 g/mol. The highest BCUT2D eigenvalue weighted by Gasteiger charge is 2.32. The van der Waals surface area contributed by atoms with Crippen molar-refractivity contribution < 1.29 is 17.9 Å². The molecule has 0 radical (unpaired) electrons. The number of para-hydroxylation sites is 1. The Morgan fingerprint density at radius 3 is 2.56 bits per heavy atom. The molecule has 1 aliphatic rings. The van der Waals surface area contributed by atoms with Crippen LogP contribution in [-0.2, 0) is 19.5 Å². The summed E-state index contributed by atoms with van der Waals surface area (Å²) in [6.07, 6.45) is -2.54. The van der Waals surface area contributed by atoms with Crippen molar-refractivity contribution in [1.29, 1.82) is 0 Å². The van der Waals surface area contributed by atoms with Gasteiger partial charge in [0.05, 0.1) is 17.0 Å². The van der Waals surface area contributed by atoms with Gasteiger partial charge in [-0.05, 0) is 48.0 Å². The summed E-state index contributed by atoms with van der Waals surface area (Å²) in [5.74, 6) is 0.209. The Balaban J connectivity index is 1.30. The van der Waals surface area contributed by atoms with E-state index in [1.54, 1.807) is 30.5 Å². The van der Waals surface area contributed by atoms with Crippen LogP contribution >= 0.6 is 11.6 Å². The van der Waals surface area contributed by atoms with Crippen molar-refractivity contribution in [3.8, 4) is 28.4 Å². The molecule has 0 amide bonds. The normalized spacial score (nSPS) is 13.9. The van der Waals surface area contributed by atoms with Gasteiger partial charge in [-0.15, -0.1) is 13.2 Å². The minimum absolute atomic E-state index is 0.176. The monoisotopic (exact) mass is 512 g/mol. The Labute approximate surface area is 209 Å². The molecule has 1 aliphatic heterocycles. The van der Waals surface area contributed by atoms with Crippen LogP contribution in [0.4, 0.5) is 13.2 Å². The number of nitrogens with one attached hydrogen (secondary N) is 1. The first-order chi connectivity index (χ1) is 17.2. The van der Waals surface area contributed by atoms with Crippen LogP contribution in [0.25, 0.3) is 22.6 Å². The molecule has 0 fully saturated rings. The van der Waals surface area contributed by atoms with Gasteiger partial charge < -0.3 is 9.72 Å². The number of hydrogen-bond acceptors (Lipinski definition) is 5. The Hall–Kier alpha value is -3.69. The summed E-state index contributed by atoms with van der Waals surface area (Å²) in [6.45, 7) is 1.67. The zero-order valence-electron chi connectivity index (χ0n) is 18.8. The van der Waals surface area contributed by atoms with Gasteiger partial charge in [-0.25, -0.2) is 4.98 Å². The van der Waals surface area contributed by atoms with E-state index < -0.39 is 6.36 Å². The maximum absolute atomic E-state index is 12.8. The van der Waals surface area contributed by atoms with Gasteiger partial charge >= 0.3 is 6.36 Å². The highest BCUT2D eigenvalue weighted by Crippen LogP contribution is 2.32. The number of aromatic amines is 1. The molecular formula is C26H20ClF3N4O2. The summed E-state index contributed by atoms with van der Waals surface area (Å²) in [4.78, 5) is 26.8. The van der Waals surface area contributed by atoms with Crippen LogP contribution in [0, 0.1) is 0 Å². The summed E-state index contributed by atoms with van der Waals surface area (Å²) in [5.41, 5.74) is 3.51. The second-order valence-corrected chi connectivity index (χ2v) is 8.84. The molecule has 0 saturated carbocycles. The molecule has 0 unspecified atom stereocenters. The van der Waals surface area contributed by atoms with E-state index in [9.17, 15) is 18.0 Å². The van der Waals surface area contributed by atoms with Crippen LogP contribution in [0.3, 0.4) is 0 Å². The fraction of sp³-hybridized carbons (Fsp3) is 0.192. The molecule has 0 atom stereocenters. The highest BCUT2D eigenvalue weighted by atomic mass is 35.5. The van der Waals surface area contributed by atoms with E-state index in [0.717, 1.165) is 16.8 Å². The molecular weight excluding hydrogens is 493 g/mol. The number of H-pyrrole nitrogens is 1. The number of ether oxygens (including phenoxy) is 1. The van der Waals surface area contributed by atoms with Crippen molar-refractivity contribution >= 4 is 11.6 Å². The van der Waals surface area contributed by atoms with E-state index in [1.807, 2.05) is 18.2 Å². The molecule has 2 aromatic heterocycles. The SMILES string of the molecule is O=c1[nH]c(-c2ccc(Cl)cc2)nc2c1CN(Cc1ccc(-c3ccccc3OC(F)(F)F)nc1)CC2. The second-order valence-electron chi connectivity index (χ2n) is 8.40. The molecule has 0 saturated heterocycles. The molecule has 0 spiro atoms. The van der Waals surface area contributed by atoms with Crippen molar-refractivity contribution in [1.82, 2.24) is 19.9 Å². The Morgan fingerprint density at radius 2 is 1.83 bits per heavy atom. The number of pyridine rings is 1. The molecule has 3 heterocycles. The van der Waals surface area contributed by atoms with Crippen molar-refractivity contribution in [2.75, 3.05) is 6.54 Å². The third-order valence-corrected chi connectivity index (χ3v) is 6.14. The topological polar surface area (TPSA) is 71.1 Å². The molecule has 10 heteroatoms. The van der Waals surface area contributed by atoms with Crippen LogP contribution < -0.4 is 10.3 Å². The summed E-state index contributed by atoms with van der Waals surface area (Å²) in [7, 11) is 0. The van der Waals surface area contributed by atoms with Gasteiger partial charge in [-0.3, -0.25) is 14.7 Å². The van der Waals surface area contributed by atoms with E-state index >= 15 is 0 Å². The van der Waals surface area contributed by atoms with E-state index in [1.165, 1.54) is 18.2 Å². The lowest BCUT2D eigenvalue weighted by Gasteiger charge is -2.27. The van der Waals surface area contributed by atoms with Gasteiger partial charge in [0.15, 0.2) is 0 Å². The summed E-state index contributed by atoms with van der Waals surface area (Å²) in [5, 5.41) is 0.607. The second kappa shape index (κ2) is 9.75. The van der Waals surface area contributed by atoms with Crippen LogP contribution in [-0.4, -0.2) is 32.8 Å². The number of rotatable bonds is 5. The largest absolute Gasteiger partial charge is 0.573 e. The molecule has 36 heavy (non-hydrogen) atoms. The van der Waals surface area contributed by atoms with Crippen molar-refractivity contribution in [2.45, 2.75) is 25.9 Å². The summed E-state index contributed by atoms with van der Waals surface area (Å²) < 4.78 is 42.3. The van der Waals surface area contributed by atoms with E-state index in [-0.39, 0.29) is 16.9 Å². The maximum atomic E-state index is 12.8. The predicted molar refractivity (Wildman–Crippen MR) is 129 cm³/mol. The molecule has 6 nitrogen and oxygen atoms in total. The van der Waals surface area contributed by atoms with Crippen LogP contribution in [0.2, 0.25) is 5.02 Å². The third-order valence-electron chi connectivity index (χ3n) is 5.88. The number of fused-ring (bicyclic) bond motifs is 1. The Morgan fingerprint density at radius 1 is 1.06 bits per heavy atom. The zero-order chi connectivity index (χ0) is 25.3. The first-order valence-electron chi connectivity index (χ1n) is 11.2. The maximum Gasteiger partial charge on any atom is 0.573 e. The van der Waals surface area contributed by atoms with E-state index in [2.05, 4.69) is 24.6 Å². The molecule has 4 aromatic rings. The predicted octanol–water partition coefficient (Wildman–Crippen LogP) is 5.61. The molecule has 1 N–H and O–H groups in total. The zero-order valence-corrected chi connectivity index (χ0v) is 19.6. The number of halogens is 4. The lowest BCUT2D eigenvalue weighted by Crippen LogP contribution is -2.35. The van der Waals surface area contributed by atoms with Crippen molar-refractivity contribution in [2.24, 2.45) is 0 Å². The fourth-order valence-corrected chi connectivity index (χ4v) is 4.31. The van der Waals surface area contributed by atoms with Crippen LogP contribution in [0.1, 0.15) is 16.8 Å². The smallest absolute Gasteiger partial charge is 0.405 e. The summed E-state index contributed by atoms with van der Waals surface area (Å²) in [6, 6.07) is 16.5. The lowest BCUT2D eigenvalue weighted by molar-refractivity contribution is -0.274. The van der Waals surface area contributed by atoms with Crippen molar-refractivity contribution in [3.05, 3.63) is 99.1 Å². The fourth-order valence-electron chi connectivity index (χ4n) is 4.19. The molecule has 0 aliphatic carbocycles. The summed E-state index contributed by atoms with van der Waals surface area (Å²) >= 11 is 5.95. The van der Waals surface area contributed by atoms with Gasteiger partial charge in [0.1, 0.15) is 11.6 Å². The van der Waals surface area contributed by atoms with Crippen molar-refractivity contribution in [3.63, 3.8) is 0 Å². The first kappa shape index (κ1) is 24.0. The third kappa shape index (κ3) is 5.42. The molecule has 5 rings (SSSR count). The molecule has 0 bridgehead atoms. The molecule has 2 aromatic carbocycles. The number of aromatic nitrogens is 3. The van der Waals surface area contributed by atoms with Crippen LogP contribution in [0.15, 0.2) is 71.7 Å². The number of alkyl halides is 3. The Bertz CT molecular complexity index is 1440. The quantitative estimate of drug-likeness (QED) is 0.376. The van der Waals surface area contributed by atoms with Gasteiger partial charge in [0, 0.05) is 48.4 Å². The van der Waals surface area contributed by atoms with E-state index in [4.69, 9.17) is 11.6 Å². The first-order valence-corrected chi connectivity index (χ1v) is 11.5. The molecule has 184 valence electrons. The number of nitrogens with zero attached hydrogens (tertiary/aromatic N) is 3. The minimum atomic E-state index is -4.79. The highest BCUT2D eigenvalue weighted by molar-refractivity contribution is 6.30. The van der Waals surface area contributed by atoms with Gasteiger partial charge in [0.2, 0.25) is 0 Å². The van der Waals surface area contributed by atoms with Crippen LogP contribution in [0.5, 0.6) is 5.75 Å². The minimum Gasteiger partial charge on any atom is -0.405 e.